The Kier molecular flexibility index (Phi) is 3.32. The monoisotopic (exact) mass is 473 g/mol. The number of benzene rings is 1. The number of pyridine rings is 2. The SMILES string of the molecule is CCC1(O)C(=O)OCc2c1cc1n(c2=O)Cc2c-1nc1cc3c(cc1c2C12CC(N)(C1)C2)OCO3. The van der Waals surface area contributed by atoms with Crippen molar-refractivity contribution in [3.05, 3.63) is 50.8 Å². The molecule has 0 saturated heterocycles. The van der Waals surface area contributed by atoms with Crippen LogP contribution in [-0.4, -0.2) is 33.0 Å². The van der Waals surface area contributed by atoms with Crippen LogP contribution in [0.4, 0.5) is 0 Å². The van der Waals surface area contributed by atoms with Gasteiger partial charge >= 0.3 is 5.97 Å². The number of aromatic nitrogens is 2. The Morgan fingerprint density at radius 2 is 1.83 bits per heavy atom. The molecule has 2 bridgehead atoms. The zero-order chi connectivity index (χ0) is 23.9. The minimum atomic E-state index is -1.85. The summed E-state index contributed by atoms with van der Waals surface area (Å²) in [6, 6.07) is 5.65. The second-order valence-corrected chi connectivity index (χ2v) is 10.8. The molecule has 0 radical (unpaired) electrons. The average molecular weight is 473 g/mol. The topological polar surface area (TPSA) is 126 Å². The van der Waals surface area contributed by atoms with Gasteiger partial charge in [-0.3, -0.25) is 4.79 Å². The van der Waals surface area contributed by atoms with Crippen LogP contribution in [0.25, 0.3) is 22.3 Å². The van der Waals surface area contributed by atoms with E-state index < -0.39 is 11.6 Å². The molecule has 9 rings (SSSR count). The van der Waals surface area contributed by atoms with E-state index in [0.717, 1.165) is 35.7 Å². The summed E-state index contributed by atoms with van der Waals surface area (Å²) >= 11 is 0. The second kappa shape index (κ2) is 5.85. The molecule has 6 aliphatic rings. The first-order valence-electron chi connectivity index (χ1n) is 12.0. The van der Waals surface area contributed by atoms with E-state index in [1.807, 2.05) is 12.1 Å². The molecule has 2 aromatic heterocycles. The van der Waals surface area contributed by atoms with Gasteiger partial charge in [-0.2, -0.15) is 0 Å². The lowest BCUT2D eigenvalue weighted by atomic mass is 9.37. The molecule has 3 N–H and O–H groups in total. The first kappa shape index (κ1) is 19.8. The van der Waals surface area contributed by atoms with Gasteiger partial charge in [-0.1, -0.05) is 6.92 Å². The summed E-state index contributed by atoms with van der Waals surface area (Å²) < 4.78 is 18.2. The van der Waals surface area contributed by atoms with Crippen LogP contribution in [0.2, 0.25) is 0 Å². The molecule has 0 amide bonds. The van der Waals surface area contributed by atoms with Gasteiger partial charge in [0.05, 0.1) is 29.0 Å². The summed E-state index contributed by atoms with van der Waals surface area (Å²) in [5.74, 6) is 0.617. The van der Waals surface area contributed by atoms with Crippen molar-refractivity contribution in [2.45, 2.75) is 62.3 Å². The minimum Gasteiger partial charge on any atom is -0.458 e. The number of nitrogens with zero attached hydrogens (tertiary/aromatic N) is 2. The zero-order valence-corrected chi connectivity index (χ0v) is 19.1. The lowest BCUT2D eigenvalue weighted by molar-refractivity contribution is -0.172. The maximum atomic E-state index is 13.6. The molecule has 35 heavy (non-hydrogen) atoms. The quantitative estimate of drug-likeness (QED) is 0.423. The van der Waals surface area contributed by atoms with Crippen LogP contribution >= 0.6 is 0 Å². The zero-order valence-electron chi connectivity index (χ0n) is 19.1. The van der Waals surface area contributed by atoms with Crippen LogP contribution in [0.1, 0.15) is 54.9 Å². The fourth-order valence-corrected chi connectivity index (χ4v) is 7.21. The summed E-state index contributed by atoms with van der Waals surface area (Å²) in [7, 11) is 0. The number of aliphatic hydroxyl groups is 1. The first-order valence-corrected chi connectivity index (χ1v) is 12.0. The number of hydrogen-bond acceptors (Lipinski definition) is 8. The van der Waals surface area contributed by atoms with Gasteiger partial charge < -0.3 is 29.6 Å². The van der Waals surface area contributed by atoms with Crippen LogP contribution in [0, 0.1) is 0 Å². The second-order valence-electron chi connectivity index (χ2n) is 10.8. The van der Waals surface area contributed by atoms with Gasteiger partial charge in [0.1, 0.15) is 6.61 Å². The van der Waals surface area contributed by atoms with Crippen molar-refractivity contribution in [3.63, 3.8) is 0 Å². The highest BCUT2D eigenvalue weighted by Crippen LogP contribution is 2.68. The fourth-order valence-electron chi connectivity index (χ4n) is 7.21. The summed E-state index contributed by atoms with van der Waals surface area (Å²) in [6.07, 6.45) is 2.81. The molecule has 9 nitrogen and oxygen atoms in total. The number of cyclic esters (lactones) is 1. The minimum absolute atomic E-state index is 0.0395. The molecule has 0 spiro atoms. The average Bonchev–Trinajstić information content (AvgIpc) is 3.41. The summed E-state index contributed by atoms with van der Waals surface area (Å²) in [6.45, 7) is 2.11. The Morgan fingerprint density at radius 1 is 1.09 bits per heavy atom. The van der Waals surface area contributed by atoms with Crippen LogP contribution in [0.15, 0.2) is 23.0 Å². The van der Waals surface area contributed by atoms with E-state index in [9.17, 15) is 14.7 Å². The Labute approximate surface area is 199 Å². The van der Waals surface area contributed by atoms with Gasteiger partial charge in [0, 0.05) is 33.5 Å². The Morgan fingerprint density at radius 3 is 2.54 bits per heavy atom. The highest BCUT2D eigenvalue weighted by Gasteiger charge is 2.67. The molecule has 3 aliphatic carbocycles. The third-order valence-electron chi connectivity index (χ3n) is 8.78. The van der Waals surface area contributed by atoms with Gasteiger partial charge in [0.15, 0.2) is 17.1 Å². The van der Waals surface area contributed by atoms with Crippen molar-refractivity contribution in [1.29, 1.82) is 0 Å². The van der Waals surface area contributed by atoms with Gasteiger partial charge in [-0.25, -0.2) is 9.78 Å². The molecule has 178 valence electrons. The normalized spacial score (nSPS) is 30.8. The standard InChI is InChI=1S/C26H23N3O6/c1-2-26(32)15-4-17-21-13(6-29(17)22(30)14(15)7-33-23(26)31)20(24-8-25(27,9-24)10-24)12-3-18-19(35-11-34-18)5-16(12)28-21/h3-5,32H,2,6-11,27H2,1H3. The predicted octanol–water partition coefficient (Wildman–Crippen LogP) is 1.94. The fraction of sp³-hybridized carbons (Fsp3) is 0.423. The number of hydrogen-bond donors (Lipinski definition) is 2. The lowest BCUT2D eigenvalue weighted by Gasteiger charge is -2.69. The highest BCUT2D eigenvalue weighted by molar-refractivity contribution is 5.93. The van der Waals surface area contributed by atoms with Crippen molar-refractivity contribution in [2.75, 3.05) is 6.79 Å². The molecule has 1 atom stereocenters. The molecule has 1 aromatic carbocycles. The number of ether oxygens (including phenoxy) is 3. The van der Waals surface area contributed by atoms with Crippen LogP contribution in [0.3, 0.4) is 0 Å². The van der Waals surface area contributed by atoms with Crippen molar-refractivity contribution < 1.29 is 24.1 Å². The summed E-state index contributed by atoms with van der Waals surface area (Å²) in [5.41, 5.74) is 9.12. The molecule has 3 aliphatic heterocycles. The maximum absolute atomic E-state index is 13.6. The molecule has 1 unspecified atom stereocenters. The van der Waals surface area contributed by atoms with E-state index in [0.29, 0.717) is 40.6 Å². The molecule has 3 fully saturated rings. The van der Waals surface area contributed by atoms with E-state index in [4.69, 9.17) is 24.9 Å². The number of carbonyl (C=O) groups is 1. The van der Waals surface area contributed by atoms with Crippen LogP contribution in [-0.2, 0) is 33.7 Å². The van der Waals surface area contributed by atoms with E-state index in [1.54, 1.807) is 17.6 Å². The van der Waals surface area contributed by atoms with E-state index in [-0.39, 0.29) is 36.3 Å². The number of esters is 1. The molecule has 3 saturated carbocycles. The number of fused-ring (bicyclic) bond motifs is 6. The van der Waals surface area contributed by atoms with Gasteiger partial charge in [-0.05, 0) is 43.4 Å². The molecule has 9 heteroatoms. The first-order chi connectivity index (χ1) is 16.8. The molecule has 5 heterocycles. The maximum Gasteiger partial charge on any atom is 0.343 e. The Bertz CT molecular complexity index is 1590. The van der Waals surface area contributed by atoms with Gasteiger partial charge in [0.25, 0.3) is 5.56 Å². The van der Waals surface area contributed by atoms with E-state index in [2.05, 4.69) is 0 Å². The predicted molar refractivity (Wildman–Crippen MR) is 123 cm³/mol. The van der Waals surface area contributed by atoms with Crippen molar-refractivity contribution in [3.8, 4) is 22.9 Å². The van der Waals surface area contributed by atoms with Crippen molar-refractivity contribution in [1.82, 2.24) is 9.55 Å². The number of nitrogens with two attached hydrogens (primary N) is 1. The molecular formula is C26H23N3O6. The summed E-state index contributed by atoms with van der Waals surface area (Å²) in [5, 5.41) is 12.2. The van der Waals surface area contributed by atoms with Gasteiger partial charge in [0.2, 0.25) is 6.79 Å². The largest absolute Gasteiger partial charge is 0.458 e. The molecular weight excluding hydrogens is 450 g/mol. The summed E-state index contributed by atoms with van der Waals surface area (Å²) in [4.78, 5) is 31.1. The van der Waals surface area contributed by atoms with Crippen molar-refractivity contribution >= 4 is 16.9 Å². The van der Waals surface area contributed by atoms with Crippen LogP contribution in [0.5, 0.6) is 11.5 Å². The Balaban J connectivity index is 1.42. The van der Waals surface area contributed by atoms with Crippen molar-refractivity contribution in [2.24, 2.45) is 5.73 Å². The van der Waals surface area contributed by atoms with E-state index in [1.165, 1.54) is 5.56 Å². The third-order valence-corrected chi connectivity index (χ3v) is 8.78. The molecule has 3 aromatic rings. The van der Waals surface area contributed by atoms with Crippen LogP contribution < -0.4 is 20.8 Å². The Hall–Kier alpha value is -3.43. The lowest BCUT2D eigenvalue weighted by Crippen LogP contribution is -2.74. The van der Waals surface area contributed by atoms with E-state index >= 15 is 0 Å². The number of rotatable bonds is 2. The smallest absolute Gasteiger partial charge is 0.343 e. The van der Waals surface area contributed by atoms with Gasteiger partial charge in [-0.15, -0.1) is 0 Å². The number of carbonyl (C=O) groups excluding carboxylic acids is 1. The highest BCUT2D eigenvalue weighted by atomic mass is 16.7. The third kappa shape index (κ3) is 2.20.